The summed E-state index contributed by atoms with van der Waals surface area (Å²) < 4.78 is 0. The number of halogens is 1. The monoisotopic (exact) mass is 343 g/mol. The number of rotatable bonds is 4. The summed E-state index contributed by atoms with van der Waals surface area (Å²) in [7, 11) is 0. The minimum absolute atomic E-state index is 0.0180. The molecule has 2 aromatic rings. The number of amides is 1. The zero-order valence-corrected chi connectivity index (χ0v) is 13.9. The van der Waals surface area contributed by atoms with Crippen molar-refractivity contribution in [2.24, 2.45) is 0 Å². The molecule has 1 fully saturated rings. The smallest absolute Gasteiger partial charge is 0.335 e. The highest BCUT2D eigenvalue weighted by atomic mass is 35.5. The molecule has 24 heavy (non-hydrogen) atoms. The normalized spacial score (nSPS) is 17.0. The Bertz CT molecular complexity index is 757. The van der Waals surface area contributed by atoms with Gasteiger partial charge < -0.3 is 10.0 Å². The summed E-state index contributed by atoms with van der Waals surface area (Å²) in [5.41, 5.74) is 2.03. The number of nitrogens with zero attached hydrogens (tertiary/aromatic N) is 1. The molecule has 1 saturated heterocycles. The first-order chi connectivity index (χ1) is 11.6. The van der Waals surface area contributed by atoms with Gasteiger partial charge in [-0.25, -0.2) is 4.79 Å². The van der Waals surface area contributed by atoms with E-state index in [1.807, 2.05) is 29.2 Å². The van der Waals surface area contributed by atoms with E-state index in [0.29, 0.717) is 5.02 Å². The Hall–Kier alpha value is -2.33. The number of carboxylic acids is 1. The van der Waals surface area contributed by atoms with Crippen molar-refractivity contribution in [1.82, 2.24) is 4.90 Å². The summed E-state index contributed by atoms with van der Waals surface area (Å²) in [6.07, 6.45) is 2.13. The number of benzene rings is 2. The molecule has 0 aromatic heterocycles. The van der Waals surface area contributed by atoms with E-state index >= 15 is 0 Å². The topological polar surface area (TPSA) is 57.6 Å². The van der Waals surface area contributed by atoms with Gasteiger partial charge in [-0.05, 0) is 42.2 Å². The molecule has 5 heteroatoms. The van der Waals surface area contributed by atoms with Gasteiger partial charge in [0, 0.05) is 11.6 Å². The van der Waals surface area contributed by atoms with Crippen molar-refractivity contribution >= 4 is 23.5 Å². The first-order valence-electron chi connectivity index (χ1n) is 7.92. The molecule has 0 bridgehead atoms. The van der Waals surface area contributed by atoms with Gasteiger partial charge in [0.05, 0.1) is 18.0 Å². The lowest BCUT2D eigenvalue weighted by Crippen LogP contribution is -2.32. The van der Waals surface area contributed by atoms with E-state index in [4.69, 9.17) is 16.7 Å². The predicted octanol–water partition coefficient (Wildman–Crippen LogP) is 3.94. The zero-order valence-electron chi connectivity index (χ0n) is 13.1. The molecule has 1 aliphatic rings. The third-order valence-electron chi connectivity index (χ3n) is 4.39. The molecular weight excluding hydrogens is 326 g/mol. The van der Waals surface area contributed by atoms with E-state index in [-0.39, 0.29) is 23.9 Å². The molecule has 124 valence electrons. The Balaban J connectivity index is 1.74. The molecule has 0 radical (unpaired) electrons. The van der Waals surface area contributed by atoms with Crippen LogP contribution in [-0.2, 0) is 11.2 Å². The zero-order chi connectivity index (χ0) is 17.1. The third kappa shape index (κ3) is 3.44. The van der Waals surface area contributed by atoms with Gasteiger partial charge in [-0.2, -0.15) is 0 Å². The minimum atomic E-state index is -0.966. The standard InChI is InChI=1S/C19H18ClNO3/c20-16-5-2-1-4-15(16)17-6-3-11-21(17)18(22)12-13-7-9-14(10-8-13)19(23)24/h1-2,4-5,7-10,17H,3,6,11-12H2,(H,23,24). The van der Waals surface area contributed by atoms with Crippen molar-refractivity contribution in [3.05, 3.63) is 70.2 Å². The van der Waals surface area contributed by atoms with E-state index in [1.54, 1.807) is 12.1 Å². The van der Waals surface area contributed by atoms with E-state index in [0.717, 1.165) is 30.5 Å². The number of hydrogen-bond acceptors (Lipinski definition) is 2. The van der Waals surface area contributed by atoms with Crippen LogP contribution in [0.3, 0.4) is 0 Å². The van der Waals surface area contributed by atoms with Crippen LogP contribution in [0, 0.1) is 0 Å². The van der Waals surface area contributed by atoms with Gasteiger partial charge in [0.15, 0.2) is 0 Å². The first kappa shape index (κ1) is 16.5. The van der Waals surface area contributed by atoms with Crippen LogP contribution in [0.2, 0.25) is 5.02 Å². The second kappa shape index (κ2) is 7.05. The molecule has 0 saturated carbocycles. The Morgan fingerprint density at radius 1 is 1.12 bits per heavy atom. The van der Waals surface area contributed by atoms with Gasteiger partial charge in [0.2, 0.25) is 5.91 Å². The average molecular weight is 344 g/mol. The first-order valence-corrected chi connectivity index (χ1v) is 8.30. The minimum Gasteiger partial charge on any atom is -0.478 e. The Morgan fingerprint density at radius 3 is 2.50 bits per heavy atom. The molecule has 3 rings (SSSR count). The summed E-state index contributed by atoms with van der Waals surface area (Å²) in [6.45, 7) is 0.724. The van der Waals surface area contributed by atoms with E-state index in [1.165, 1.54) is 12.1 Å². The molecule has 1 amide bonds. The lowest BCUT2D eigenvalue weighted by Gasteiger charge is -2.26. The lowest BCUT2D eigenvalue weighted by molar-refractivity contribution is -0.131. The molecule has 1 atom stereocenters. The van der Waals surface area contributed by atoms with Crippen LogP contribution in [0.15, 0.2) is 48.5 Å². The van der Waals surface area contributed by atoms with Crippen molar-refractivity contribution < 1.29 is 14.7 Å². The van der Waals surface area contributed by atoms with E-state index < -0.39 is 5.97 Å². The fourth-order valence-corrected chi connectivity index (χ4v) is 3.44. The van der Waals surface area contributed by atoms with E-state index in [2.05, 4.69) is 0 Å². The largest absolute Gasteiger partial charge is 0.478 e. The Kier molecular flexibility index (Phi) is 4.86. The molecule has 0 aliphatic carbocycles. The molecule has 1 unspecified atom stereocenters. The van der Waals surface area contributed by atoms with E-state index in [9.17, 15) is 9.59 Å². The number of carboxylic acid groups (broad SMARTS) is 1. The summed E-state index contributed by atoms with van der Waals surface area (Å²) in [5.74, 6) is -0.924. The van der Waals surface area contributed by atoms with Gasteiger partial charge in [-0.1, -0.05) is 41.9 Å². The molecule has 1 heterocycles. The van der Waals surface area contributed by atoms with Crippen molar-refractivity contribution in [3.8, 4) is 0 Å². The highest BCUT2D eigenvalue weighted by Gasteiger charge is 2.30. The van der Waals surface area contributed by atoms with Crippen molar-refractivity contribution in [3.63, 3.8) is 0 Å². The van der Waals surface area contributed by atoms with Crippen LogP contribution in [0.4, 0.5) is 0 Å². The SMILES string of the molecule is O=C(O)c1ccc(CC(=O)N2CCCC2c2ccccc2Cl)cc1. The van der Waals surface area contributed by atoms with Crippen LogP contribution < -0.4 is 0 Å². The number of hydrogen-bond donors (Lipinski definition) is 1. The fraction of sp³-hybridized carbons (Fsp3) is 0.263. The summed E-state index contributed by atoms with van der Waals surface area (Å²) in [4.78, 5) is 25.5. The molecule has 1 N–H and O–H groups in total. The van der Waals surface area contributed by atoms with Gasteiger partial charge >= 0.3 is 5.97 Å². The van der Waals surface area contributed by atoms with Crippen LogP contribution in [0.5, 0.6) is 0 Å². The van der Waals surface area contributed by atoms with Crippen LogP contribution in [0.25, 0.3) is 0 Å². The molecule has 1 aliphatic heterocycles. The number of carbonyl (C=O) groups is 2. The fourth-order valence-electron chi connectivity index (χ4n) is 3.18. The van der Waals surface area contributed by atoms with Crippen LogP contribution >= 0.6 is 11.6 Å². The number of carbonyl (C=O) groups excluding carboxylic acids is 1. The van der Waals surface area contributed by atoms with Crippen molar-refractivity contribution in [2.45, 2.75) is 25.3 Å². The molecule has 2 aromatic carbocycles. The van der Waals surface area contributed by atoms with Gasteiger partial charge in [-0.3, -0.25) is 4.79 Å². The van der Waals surface area contributed by atoms with Gasteiger partial charge in [-0.15, -0.1) is 0 Å². The van der Waals surface area contributed by atoms with Gasteiger partial charge in [0.1, 0.15) is 0 Å². The quantitative estimate of drug-likeness (QED) is 0.914. The van der Waals surface area contributed by atoms with Crippen LogP contribution in [0.1, 0.15) is 40.4 Å². The summed E-state index contributed by atoms with van der Waals surface area (Å²) in [5, 5.41) is 9.62. The van der Waals surface area contributed by atoms with Crippen molar-refractivity contribution in [1.29, 1.82) is 0 Å². The third-order valence-corrected chi connectivity index (χ3v) is 4.74. The Labute approximate surface area is 145 Å². The summed E-state index contributed by atoms with van der Waals surface area (Å²) in [6, 6.07) is 14.1. The maximum Gasteiger partial charge on any atom is 0.335 e. The average Bonchev–Trinajstić information content (AvgIpc) is 3.05. The van der Waals surface area contributed by atoms with Crippen LogP contribution in [-0.4, -0.2) is 28.4 Å². The summed E-state index contributed by atoms with van der Waals surface area (Å²) >= 11 is 6.29. The number of aromatic carboxylic acids is 1. The highest BCUT2D eigenvalue weighted by molar-refractivity contribution is 6.31. The molecule has 0 spiro atoms. The maximum atomic E-state index is 12.7. The van der Waals surface area contributed by atoms with Crippen molar-refractivity contribution in [2.75, 3.05) is 6.54 Å². The molecule has 4 nitrogen and oxygen atoms in total. The maximum absolute atomic E-state index is 12.7. The predicted molar refractivity (Wildman–Crippen MR) is 92.2 cm³/mol. The second-order valence-corrected chi connectivity index (χ2v) is 6.35. The van der Waals surface area contributed by atoms with Gasteiger partial charge in [0.25, 0.3) is 0 Å². The second-order valence-electron chi connectivity index (χ2n) is 5.95. The Morgan fingerprint density at radius 2 is 1.83 bits per heavy atom. The molecular formula is C19H18ClNO3. The number of likely N-dealkylation sites (tertiary alicyclic amines) is 1. The highest BCUT2D eigenvalue weighted by Crippen LogP contribution is 2.35. The lowest BCUT2D eigenvalue weighted by atomic mass is 10.0.